The Morgan fingerprint density at radius 2 is 1.47 bits per heavy atom. The van der Waals surface area contributed by atoms with Crippen molar-refractivity contribution in [3.8, 4) is 22.8 Å². The lowest BCUT2D eigenvalue weighted by Gasteiger charge is -2.13. The second-order valence-electron chi connectivity index (χ2n) is 7.92. The molecule has 5 heteroatoms. The zero-order valence-corrected chi connectivity index (χ0v) is 19.2. The first-order chi connectivity index (χ1) is 15.4. The highest BCUT2D eigenvalue weighted by Crippen LogP contribution is 2.33. The highest BCUT2D eigenvalue weighted by molar-refractivity contribution is 6.32. The Hall–Kier alpha value is -3.24. The number of benzene rings is 3. The first-order valence-corrected chi connectivity index (χ1v) is 11.0. The van der Waals surface area contributed by atoms with Crippen LogP contribution in [0.2, 0.25) is 5.02 Å². The smallest absolute Gasteiger partial charge is 0.235 e. The highest BCUT2D eigenvalue weighted by Gasteiger charge is 2.18. The van der Waals surface area contributed by atoms with Crippen molar-refractivity contribution in [2.45, 2.75) is 27.2 Å². The summed E-state index contributed by atoms with van der Waals surface area (Å²) in [5.74, 6) is 1.42. The van der Waals surface area contributed by atoms with Crippen LogP contribution in [-0.4, -0.2) is 13.2 Å². The van der Waals surface area contributed by atoms with Gasteiger partial charge >= 0.3 is 0 Å². The van der Waals surface area contributed by atoms with Gasteiger partial charge in [-0.25, -0.2) is 0 Å². The van der Waals surface area contributed by atoms with Gasteiger partial charge in [0.1, 0.15) is 11.3 Å². The molecule has 0 unspecified atom stereocenters. The number of fused-ring (bicyclic) bond motifs is 1. The molecule has 0 spiro atoms. The Morgan fingerprint density at radius 3 is 2.16 bits per heavy atom. The van der Waals surface area contributed by atoms with Gasteiger partial charge in [-0.3, -0.25) is 4.79 Å². The molecule has 1 aromatic heterocycles. The molecule has 0 amide bonds. The molecule has 0 fully saturated rings. The second-order valence-corrected chi connectivity index (χ2v) is 8.32. The Morgan fingerprint density at radius 1 is 0.844 bits per heavy atom. The van der Waals surface area contributed by atoms with E-state index >= 15 is 0 Å². The minimum absolute atomic E-state index is 0.191. The molecule has 0 N–H and O–H groups in total. The Labute approximate surface area is 192 Å². The van der Waals surface area contributed by atoms with Crippen molar-refractivity contribution in [3.05, 3.63) is 92.6 Å². The topological polar surface area (TPSA) is 48.7 Å². The second kappa shape index (κ2) is 9.49. The first-order valence-electron chi connectivity index (χ1n) is 10.6. The van der Waals surface area contributed by atoms with Crippen molar-refractivity contribution in [3.63, 3.8) is 0 Å². The van der Waals surface area contributed by atoms with Crippen LogP contribution in [0.15, 0.2) is 69.9 Å². The summed E-state index contributed by atoms with van der Waals surface area (Å²) in [4.78, 5) is 13.3. The van der Waals surface area contributed by atoms with Crippen molar-refractivity contribution in [2.24, 2.45) is 0 Å². The Balaban J connectivity index is 1.59. The minimum atomic E-state index is -0.233. The summed E-state index contributed by atoms with van der Waals surface area (Å²) in [5.41, 5.74) is 4.19. The van der Waals surface area contributed by atoms with Crippen molar-refractivity contribution >= 4 is 22.6 Å². The lowest BCUT2D eigenvalue weighted by atomic mass is 10.1. The van der Waals surface area contributed by atoms with Crippen LogP contribution in [0.1, 0.15) is 23.1 Å². The van der Waals surface area contributed by atoms with Gasteiger partial charge in [-0.1, -0.05) is 59.1 Å². The van der Waals surface area contributed by atoms with Crippen molar-refractivity contribution in [1.82, 2.24) is 0 Å². The van der Waals surface area contributed by atoms with Gasteiger partial charge in [-0.05, 0) is 50.6 Å². The molecule has 4 aromatic rings. The third-order valence-electron chi connectivity index (χ3n) is 5.27. The quantitative estimate of drug-likeness (QED) is 0.289. The molecule has 1 heterocycles. The number of hydrogen-bond acceptors (Lipinski definition) is 4. The van der Waals surface area contributed by atoms with Crippen LogP contribution in [0.25, 0.3) is 22.3 Å². The van der Waals surface area contributed by atoms with Crippen LogP contribution in [0.4, 0.5) is 0 Å². The Kier molecular flexibility index (Phi) is 6.52. The molecule has 0 saturated heterocycles. The molecule has 0 atom stereocenters. The lowest BCUT2D eigenvalue weighted by molar-refractivity contribution is 0.244. The molecule has 164 valence electrons. The van der Waals surface area contributed by atoms with Crippen LogP contribution in [0.3, 0.4) is 0 Å². The van der Waals surface area contributed by atoms with E-state index in [0.717, 1.165) is 22.4 Å². The van der Waals surface area contributed by atoms with Gasteiger partial charge in [0.2, 0.25) is 11.2 Å². The van der Waals surface area contributed by atoms with Crippen LogP contribution >= 0.6 is 11.6 Å². The van der Waals surface area contributed by atoms with Crippen LogP contribution in [0.5, 0.6) is 11.5 Å². The van der Waals surface area contributed by atoms with Gasteiger partial charge < -0.3 is 13.9 Å². The van der Waals surface area contributed by atoms with E-state index in [4.69, 9.17) is 25.5 Å². The molecule has 0 aliphatic heterocycles. The molecule has 3 aromatic carbocycles. The van der Waals surface area contributed by atoms with Crippen LogP contribution in [-0.2, 0) is 0 Å². The van der Waals surface area contributed by atoms with E-state index in [-0.39, 0.29) is 11.2 Å². The summed E-state index contributed by atoms with van der Waals surface area (Å²) in [6.45, 7) is 6.73. The van der Waals surface area contributed by atoms with Crippen molar-refractivity contribution in [2.75, 3.05) is 13.2 Å². The van der Waals surface area contributed by atoms with E-state index in [1.54, 1.807) is 12.1 Å². The SMILES string of the molecule is Cc1ccc(OCCCOc2c(-c3ccc(C)cc3)oc3cc(C)c(Cl)cc3c2=O)cc1. The zero-order chi connectivity index (χ0) is 22.7. The van der Waals surface area contributed by atoms with E-state index in [0.29, 0.717) is 41.4 Å². The summed E-state index contributed by atoms with van der Waals surface area (Å²) in [6.07, 6.45) is 0.618. The molecule has 0 saturated carbocycles. The molecule has 4 nitrogen and oxygen atoms in total. The molecule has 0 bridgehead atoms. The van der Waals surface area contributed by atoms with E-state index < -0.39 is 0 Å². The molecule has 32 heavy (non-hydrogen) atoms. The van der Waals surface area contributed by atoms with Crippen molar-refractivity contribution in [1.29, 1.82) is 0 Å². The van der Waals surface area contributed by atoms with Gasteiger partial charge in [0.25, 0.3) is 0 Å². The number of hydrogen-bond donors (Lipinski definition) is 0. The largest absolute Gasteiger partial charge is 0.493 e. The predicted molar refractivity (Wildman–Crippen MR) is 129 cm³/mol. The van der Waals surface area contributed by atoms with E-state index in [2.05, 4.69) is 0 Å². The summed E-state index contributed by atoms with van der Waals surface area (Å²) in [6, 6.07) is 19.1. The Bertz CT molecular complexity index is 1290. The monoisotopic (exact) mass is 448 g/mol. The van der Waals surface area contributed by atoms with Gasteiger partial charge in [0.05, 0.1) is 18.6 Å². The molecule has 4 rings (SSSR count). The third-order valence-corrected chi connectivity index (χ3v) is 5.68. The first kappa shape index (κ1) is 22.0. The maximum atomic E-state index is 13.3. The van der Waals surface area contributed by atoms with Gasteiger partial charge in [0.15, 0.2) is 5.76 Å². The van der Waals surface area contributed by atoms with Gasteiger partial charge in [-0.15, -0.1) is 0 Å². The standard InChI is InChI=1S/C27H25ClO4/c1-17-5-9-20(10-6-17)26-27(25(29)22-16-23(28)19(3)15-24(22)32-26)31-14-4-13-30-21-11-7-18(2)8-12-21/h5-12,15-16H,4,13-14H2,1-3H3. The fourth-order valence-corrected chi connectivity index (χ4v) is 3.55. The third kappa shape index (κ3) is 4.81. The highest BCUT2D eigenvalue weighted by atomic mass is 35.5. The normalized spacial score (nSPS) is 11.0. The predicted octanol–water partition coefficient (Wildman–Crippen LogP) is 6.89. The molecular formula is C27H25ClO4. The van der Waals surface area contributed by atoms with Gasteiger partial charge in [-0.2, -0.15) is 0 Å². The average Bonchev–Trinajstić information content (AvgIpc) is 2.78. The summed E-state index contributed by atoms with van der Waals surface area (Å²) >= 11 is 6.26. The number of aryl methyl sites for hydroxylation is 3. The number of rotatable bonds is 7. The zero-order valence-electron chi connectivity index (χ0n) is 18.4. The van der Waals surface area contributed by atoms with Gasteiger partial charge in [0, 0.05) is 17.0 Å². The van der Waals surface area contributed by atoms with Crippen LogP contribution in [0, 0.1) is 20.8 Å². The molecular weight excluding hydrogens is 424 g/mol. The summed E-state index contributed by atoms with van der Waals surface area (Å²) in [5, 5.41) is 0.924. The van der Waals surface area contributed by atoms with Crippen molar-refractivity contribution < 1.29 is 13.9 Å². The minimum Gasteiger partial charge on any atom is -0.493 e. The van der Waals surface area contributed by atoms with E-state index in [9.17, 15) is 4.79 Å². The fourth-order valence-electron chi connectivity index (χ4n) is 3.38. The molecule has 0 aliphatic rings. The lowest BCUT2D eigenvalue weighted by Crippen LogP contribution is -2.13. The fraction of sp³-hybridized carbons (Fsp3) is 0.222. The molecule has 0 aliphatic carbocycles. The maximum Gasteiger partial charge on any atom is 0.235 e. The average molecular weight is 449 g/mol. The summed E-state index contributed by atoms with van der Waals surface area (Å²) in [7, 11) is 0. The summed E-state index contributed by atoms with van der Waals surface area (Å²) < 4.78 is 17.9. The van der Waals surface area contributed by atoms with E-state index in [1.807, 2.05) is 69.3 Å². The number of ether oxygens (including phenoxy) is 2. The van der Waals surface area contributed by atoms with Crippen LogP contribution < -0.4 is 14.9 Å². The number of halogens is 1. The molecule has 0 radical (unpaired) electrons. The van der Waals surface area contributed by atoms with E-state index in [1.165, 1.54) is 5.56 Å². The maximum absolute atomic E-state index is 13.3.